The molecule has 0 heterocycles. The van der Waals surface area contributed by atoms with Gasteiger partial charge in [-0.2, -0.15) is 0 Å². The van der Waals surface area contributed by atoms with Gasteiger partial charge in [-0.15, -0.1) is 11.5 Å². The standard InChI is InChI=1S/C13H26Si/c1-12(2)8-7-9-13(3)10-11-14(4,5)6/h12-13H,7-9H2,1-6H3/t13-/m1/s1/i13D. The number of rotatable bonds is 4. The van der Waals surface area contributed by atoms with Crippen LogP contribution in [0.25, 0.3) is 0 Å². The predicted octanol–water partition coefficient (Wildman–Crippen LogP) is 4.33. The van der Waals surface area contributed by atoms with Gasteiger partial charge >= 0.3 is 0 Å². The fraction of sp³-hybridized carbons (Fsp3) is 0.846. The topological polar surface area (TPSA) is 0 Å². The summed E-state index contributed by atoms with van der Waals surface area (Å²) < 4.78 is 8.10. The van der Waals surface area contributed by atoms with Crippen molar-refractivity contribution in [2.45, 2.75) is 59.7 Å². The molecular formula is C13H26Si. The molecule has 0 aromatic rings. The third-order valence-electron chi connectivity index (χ3n) is 1.98. The molecule has 14 heavy (non-hydrogen) atoms. The molecule has 1 heteroatoms. The minimum atomic E-state index is -1.31. The van der Waals surface area contributed by atoms with Gasteiger partial charge in [-0.1, -0.05) is 53.3 Å². The summed E-state index contributed by atoms with van der Waals surface area (Å²) in [6.07, 6.45) is 3.24. The van der Waals surface area contributed by atoms with Crippen LogP contribution in [0.1, 0.15) is 41.4 Å². The van der Waals surface area contributed by atoms with Gasteiger partial charge in [0.15, 0.2) is 0 Å². The lowest BCUT2D eigenvalue weighted by Crippen LogP contribution is -2.16. The summed E-state index contributed by atoms with van der Waals surface area (Å²) in [4.78, 5) is 0. The summed E-state index contributed by atoms with van der Waals surface area (Å²) >= 11 is 0. The first-order valence-electron chi connectivity index (χ1n) is 6.17. The van der Waals surface area contributed by atoms with Gasteiger partial charge in [0.2, 0.25) is 0 Å². The van der Waals surface area contributed by atoms with Gasteiger partial charge in [0.05, 0.1) is 0 Å². The highest BCUT2D eigenvalue weighted by Crippen LogP contribution is 2.11. The maximum Gasteiger partial charge on any atom is 0.129 e. The molecule has 0 saturated heterocycles. The van der Waals surface area contributed by atoms with E-state index in [1.807, 2.05) is 6.92 Å². The molecule has 0 unspecified atom stereocenters. The van der Waals surface area contributed by atoms with Crippen LogP contribution in [0.4, 0.5) is 0 Å². The van der Waals surface area contributed by atoms with E-state index in [4.69, 9.17) is 1.37 Å². The van der Waals surface area contributed by atoms with E-state index in [1.54, 1.807) is 0 Å². The zero-order valence-electron chi connectivity index (χ0n) is 11.7. The maximum absolute atomic E-state index is 8.10. The van der Waals surface area contributed by atoms with Crippen molar-refractivity contribution in [1.82, 2.24) is 0 Å². The van der Waals surface area contributed by atoms with E-state index in [2.05, 4.69) is 45.0 Å². The van der Waals surface area contributed by atoms with Gasteiger partial charge in [0.25, 0.3) is 0 Å². The van der Waals surface area contributed by atoms with Crippen molar-refractivity contribution in [2.75, 3.05) is 0 Å². The van der Waals surface area contributed by atoms with E-state index in [9.17, 15) is 0 Å². The predicted molar refractivity (Wildman–Crippen MR) is 69.0 cm³/mol. The SMILES string of the molecule is [2H][C@](C)(C#C[Si](C)(C)C)CCCC(C)C. The van der Waals surface area contributed by atoms with E-state index < -0.39 is 14.0 Å². The van der Waals surface area contributed by atoms with Gasteiger partial charge in [0, 0.05) is 7.26 Å². The van der Waals surface area contributed by atoms with Gasteiger partial charge in [-0.3, -0.25) is 0 Å². The molecule has 0 aromatic heterocycles. The molecule has 82 valence electrons. The van der Waals surface area contributed by atoms with Crippen LogP contribution in [0, 0.1) is 23.3 Å². The first kappa shape index (κ1) is 11.8. The first-order valence-corrected chi connectivity index (χ1v) is 9.17. The molecule has 0 fully saturated rings. The van der Waals surface area contributed by atoms with Gasteiger partial charge in [0.1, 0.15) is 8.07 Å². The zero-order valence-corrected chi connectivity index (χ0v) is 11.7. The average molecular weight is 211 g/mol. The summed E-state index contributed by atoms with van der Waals surface area (Å²) in [5.41, 5.74) is 3.30. The lowest BCUT2D eigenvalue weighted by atomic mass is 10.0. The largest absolute Gasteiger partial charge is 0.132 e. The van der Waals surface area contributed by atoms with Crippen LogP contribution >= 0.6 is 0 Å². The molecule has 0 aliphatic heterocycles. The minimum absolute atomic E-state index is 0.533. The molecule has 0 amide bonds. The second-order valence-corrected chi connectivity index (χ2v) is 10.3. The fourth-order valence-corrected chi connectivity index (χ4v) is 1.72. The molecule has 0 aromatic carbocycles. The monoisotopic (exact) mass is 211 g/mol. The van der Waals surface area contributed by atoms with Crippen molar-refractivity contribution >= 4 is 8.07 Å². The zero-order chi connectivity index (χ0) is 12.1. The molecule has 0 rings (SSSR count). The Kier molecular flexibility index (Phi) is 5.33. The van der Waals surface area contributed by atoms with E-state index in [0.29, 0.717) is 0 Å². The van der Waals surface area contributed by atoms with Gasteiger partial charge < -0.3 is 0 Å². The summed E-state index contributed by atoms with van der Waals surface area (Å²) in [5.74, 6) is 3.36. The second-order valence-electron chi connectivity index (χ2n) is 5.57. The normalized spacial score (nSPS) is 16.9. The minimum Gasteiger partial charge on any atom is -0.132 e. The van der Waals surface area contributed by atoms with Crippen LogP contribution in [-0.2, 0) is 0 Å². The number of hydrogen-bond donors (Lipinski definition) is 0. The van der Waals surface area contributed by atoms with Gasteiger partial charge in [-0.05, 0) is 12.3 Å². The Morgan fingerprint density at radius 3 is 2.14 bits per heavy atom. The molecule has 1 atom stereocenters. The Morgan fingerprint density at radius 1 is 1.14 bits per heavy atom. The highest BCUT2D eigenvalue weighted by atomic mass is 28.3. The Morgan fingerprint density at radius 2 is 1.71 bits per heavy atom. The summed E-state index contributed by atoms with van der Waals surface area (Å²) in [5, 5.41) is 0. The molecular weight excluding hydrogens is 184 g/mol. The maximum atomic E-state index is 8.10. The second kappa shape index (κ2) is 6.30. The third-order valence-corrected chi connectivity index (χ3v) is 2.86. The Balaban J connectivity index is 4.11. The van der Waals surface area contributed by atoms with Crippen molar-refractivity contribution < 1.29 is 1.37 Å². The molecule has 0 N–H and O–H groups in total. The highest BCUT2D eigenvalue weighted by molar-refractivity contribution is 6.83. The van der Waals surface area contributed by atoms with E-state index in [-0.39, 0.29) is 0 Å². The fourth-order valence-electron chi connectivity index (χ4n) is 1.13. The van der Waals surface area contributed by atoms with Crippen LogP contribution in [0.5, 0.6) is 0 Å². The molecule has 0 saturated carbocycles. The van der Waals surface area contributed by atoms with Crippen LogP contribution < -0.4 is 0 Å². The van der Waals surface area contributed by atoms with Crippen molar-refractivity contribution in [3.8, 4) is 11.5 Å². The molecule has 0 radical (unpaired) electrons. The average Bonchev–Trinajstić information content (AvgIpc) is 1.99. The molecule has 0 aliphatic rings. The third kappa shape index (κ3) is 9.86. The van der Waals surface area contributed by atoms with Crippen LogP contribution in [0.2, 0.25) is 19.6 Å². The van der Waals surface area contributed by atoms with Crippen molar-refractivity contribution in [3.63, 3.8) is 0 Å². The van der Waals surface area contributed by atoms with E-state index in [0.717, 1.165) is 18.8 Å². The Labute approximate surface area is 92.9 Å². The van der Waals surface area contributed by atoms with Crippen LogP contribution in [-0.4, -0.2) is 8.07 Å². The lowest BCUT2D eigenvalue weighted by molar-refractivity contribution is 0.507. The van der Waals surface area contributed by atoms with Gasteiger partial charge in [-0.25, -0.2) is 0 Å². The summed E-state index contributed by atoms with van der Waals surface area (Å²) in [7, 11) is -1.31. The molecule has 0 spiro atoms. The lowest BCUT2D eigenvalue weighted by Gasteiger charge is -2.08. The summed E-state index contributed by atoms with van der Waals surface area (Å²) in [6.45, 7) is 13.1. The number of hydrogen-bond acceptors (Lipinski definition) is 0. The Hall–Kier alpha value is -0.223. The first-order chi connectivity index (χ1) is 6.62. The quantitative estimate of drug-likeness (QED) is 0.479. The Bertz CT molecular complexity index is 237. The van der Waals surface area contributed by atoms with Crippen LogP contribution in [0.3, 0.4) is 0 Å². The van der Waals surface area contributed by atoms with Crippen LogP contribution in [0.15, 0.2) is 0 Å². The van der Waals surface area contributed by atoms with Crippen molar-refractivity contribution in [3.05, 3.63) is 0 Å². The molecule has 0 aliphatic carbocycles. The van der Waals surface area contributed by atoms with Crippen molar-refractivity contribution in [1.29, 1.82) is 0 Å². The summed E-state index contributed by atoms with van der Waals surface area (Å²) in [6, 6.07) is 0. The smallest absolute Gasteiger partial charge is 0.129 e. The molecule has 0 bridgehead atoms. The molecule has 0 nitrogen and oxygen atoms in total. The van der Waals surface area contributed by atoms with E-state index >= 15 is 0 Å². The van der Waals surface area contributed by atoms with Crippen molar-refractivity contribution in [2.24, 2.45) is 11.8 Å². The highest BCUT2D eigenvalue weighted by Gasteiger charge is 2.08. The van der Waals surface area contributed by atoms with E-state index in [1.165, 1.54) is 6.42 Å².